The van der Waals surface area contributed by atoms with Gasteiger partial charge in [0.05, 0.1) is 20.2 Å². The molecule has 0 radical (unpaired) electrons. The minimum atomic E-state index is -0.348. The summed E-state index contributed by atoms with van der Waals surface area (Å²) in [6.45, 7) is 4.15. The molecule has 29 heavy (non-hydrogen) atoms. The molecule has 6 heteroatoms. The summed E-state index contributed by atoms with van der Waals surface area (Å²) in [5.41, 5.74) is 1.80. The molecule has 2 amide bonds. The third kappa shape index (κ3) is 6.91. The number of methoxy groups -OCH3 is 1. The van der Waals surface area contributed by atoms with Crippen molar-refractivity contribution in [3.8, 4) is 5.75 Å². The highest BCUT2D eigenvalue weighted by atomic mass is 16.5. The Morgan fingerprint density at radius 3 is 2.31 bits per heavy atom. The lowest BCUT2D eigenvalue weighted by molar-refractivity contribution is -0.885. The maximum Gasteiger partial charge on any atom is 0.279 e. The van der Waals surface area contributed by atoms with Crippen LogP contribution in [-0.4, -0.2) is 38.6 Å². The van der Waals surface area contributed by atoms with E-state index in [-0.39, 0.29) is 30.4 Å². The molecule has 2 rings (SSSR count). The molecular formula is C23H32N3O3+. The van der Waals surface area contributed by atoms with Crippen LogP contribution in [0.15, 0.2) is 54.6 Å². The summed E-state index contributed by atoms with van der Waals surface area (Å²) in [5.74, 6) is 0.540. The van der Waals surface area contributed by atoms with E-state index in [1.54, 1.807) is 31.4 Å². The lowest BCUT2D eigenvalue weighted by Crippen LogP contribution is -3.15. The van der Waals surface area contributed by atoms with Gasteiger partial charge in [0.25, 0.3) is 11.8 Å². The largest absolute Gasteiger partial charge is 0.497 e. The third-order valence-electron chi connectivity index (χ3n) is 5.04. The van der Waals surface area contributed by atoms with Crippen LogP contribution >= 0.6 is 0 Å². The molecule has 0 saturated carbocycles. The van der Waals surface area contributed by atoms with E-state index in [4.69, 9.17) is 4.74 Å². The fraction of sp³-hybridized carbons (Fsp3) is 0.391. The first-order valence-corrected chi connectivity index (χ1v) is 10.1. The fourth-order valence-corrected chi connectivity index (χ4v) is 3.10. The molecule has 1 unspecified atom stereocenters. The molecule has 0 aromatic heterocycles. The number of likely N-dealkylation sites (N-methyl/N-ethyl adjacent to an activating group) is 1. The Morgan fingerprint density at radius 1 is 1.07 bits per heavy atom. The highest BCUT2D eigenvalue weighted by Crippen LogP contribution is 2.18. The second-order valence-electron chi connectivity index (χ2n) is 7.28. The van der Waals surface area contributed by atoms with Gasteiger partial charge in [-0.05, 0) is 43.2 Å². The zero-order valence-corrected chi connectivity index (χ0v) is 17.7. The molecule has 0 spiro atoms. The number of carbonyl (C=O) groups excluding carboxylic acids is 2. The van der Waals surface area contributed by atoms with Crippen LogP contribution in [0.4, 0.5) is 5.69 Å². The quantitative estimate of drug-likeness (QED) is 0.575. The van der Waals surface area contributed by atoms with Gasteiger partial charge in [0.2, 0.25) is 0 Å². The van der Waals surface area contributed by atoms with E-state index in [0.29, 0.717) is 5.69 Å². The molecule has 0 aliphatic heterocycles. The summed E-state index contributed by atoms with van der Waals surface area (Å²) in [7, 11) is 3.45. The van der Waals surface area contributed by atoms with Crippen molar-refractivity contribution < 1.29 is 19.2 Å². The van der Waals surface area contributed by atoms with Gasteiger partial charge in [0.1, 0.15) is 5.75 Å². The van der Waals surface area contributed by atoms with Crippen molar-refractivity contribution in [3.05, 3.63) is 60.2 Å². The Bertz CT molecular complexity index is 778. The highest BCUT2D eigenvalue weighted by molar-refractivity contribution is 5.91. The first-order valence-electron chi connectivity index (χ1n) is 10.1. The van der Waals surface area contributed by atoms with E-state index in [2.05, 4.69) is 17.6 Å². The lowest BCUT2D eigenvalue weighted by Gasteiger charge is -2.24. The SMILES string of the molecule is CCC[C@@H](NC(=O)[C@H](C)[NH+](C)CC(=O)Nc1ccc(OC)cc1)c1ccccc1. The summed E-state index contributed by atoms with van der Waals surface area (Å²) in [4.78, 5) is 26.0. The molecule has 156 valence electrons. The molecule has 3 atom stereocenters. The first kappa shape index (κ1) is 22.4. The van der Waals surface area contributed by atoms with Crippen molar-refractivity contribution >= 4 is 17.5 Å². The van der Waals surface area contributed by atoms with Crippen LogP contribution in [-0.2, 0) is 9.59 Å². The smallest absolute Gasteiger partial charge is 0.279 e. The molecular weight excluding hydrogens is 366 g/mol. The number of quaternary nitrogens is 1. The summed E-state index contributed by atoms with van der Waals surface area (Å²) < 4.78 is 5.12. The zero-order valence-electron chi connectivity index (χ0n) is 17.7. The van der Waals surface area contributed by atoms with Gasteiger partial charge in [-0.1, -0.05) is 43.7 Å². The van der Waals surface area contributed by atoms with Crippen molar-refractivity contribution in [2.45, 2.75) is 38.8 Å². The standard InChI is InChI=1S/C23H31N3O3/c1-5-9-21(18-10-7-6-8-11-18)25-23(28)17(2)26(3)16-22(27)24-19-12-14-20(29-4)15-13-19/h6-8,10-15,17,21H,5,9,16H2,1-4H3,(H,24,27)(H,25,28)/p+1/t17-,21+/m0/s1. The van der Waals surface area contributed by atoms with Gasteiger partial charge in [-0.2, -0.15) is 0 Å². The molecule has 0 fully saturated rings. The van der Waals surface area contributed by atoms with E-state index in [0.717, 1.165) is 29.1 Å². The van der Waals surface area contributed by atoms with Crippen LogP contribution in [0, 0.1) is 0 Å². The van der Waals surface area contributed by atoms with E-state index in [1.165, 1.54) is 0 Å². The Balaban J connectivity index is 1.90. The van der Waals surface area contributed by atoms with Crippen LogP contribution < -0.4 is 20.3 Å². The summed E-state index contributed by atoms with van der Waals surface area (Å²) in [6.07, 6.45) is 1.85. The number of amides is 2. The molecule has 0 heterocycles. The predicted molar refractivity (Wildman–Crippen MR) is 115 cm³/mol. The van der Waals surface area contributed by atoms with Crippen molar-refractivity contribution in [1.29, 1.82) is 0 Å². The molecule has 2 aromatic carbocycles. The number of rotatable bonds is 10. The Kier molecular flexibility index (Phi) is 8.68. The molecule has 0 aliphatic rings. The third-order valence-corrected chi connectivity index (χ3v) is 5.04. The maximum atomic E-state index is 12.8. The molecule has 0 saturated heterocycles. The van der Waals surface area contributed by atoms with Crippen molar-refractivity contribution in [2.24, 2.45) is 0 Å². The van der Waals surface area contributed by atoms with E-state index in [1.807, 2.05) is 44.3 Å². The lowest BCUT2D eigenvalue weighted by atomic mass is 10.0. The number of ether oxygens (including phenoxy) is 1. The number of benzene rings is 2. The fourth-order valence-electron chi connectivity index (χ4n) is 3.10. The molecule has 0 aliphatic carbocycles. The van der Waals surface area contributed by atoms with Gasteiger partial charge in [0.15, 0.2) is 12.6 Å². The number of hydrogen-bond acceptors (Lipinski definition) is 3. The molecule has 2 aromatic rings. The van der Waals surface area contributed by atoms with Crippen LogP contribution in [0.3, 0.4) is 0 Å². The first-order chi connectivity index (χ1) is 13.9. The Labute approximate surface area is 173 Å². The van der Waals surface area contributed by atoms with Crippen LogP contribution in [0.1, 0.15) is 38.3 Å². The van der Waals surface area contributed by atoms with Gasteiger partial charge in [-0.3, -0.25) is 9.59 Å². The monoisotopic (exact) mass is 398 g/mol. The van der Waals surface area contributed by atoms with Gasteiger partial charge in [-0.25, -0.2) is 0 Å². The predicted octanol–water partition coefficient (Wildman–Crippen LogP) is 2.19. The van der Waals surface area contributed by atoms with Gasteiger partial charge < -0.3 is 20.3 Å². The number of hydrogen-bond donors (Lipinski definition) is 3. The van der Waals surface area contributed by atoms with E-state index < -0.39 is 0 Å². The number of anilines is 1. The second kappa shape index (κ2) is 11.2. The van der Waals surface area contributed by atoms with Gasteiger partial charge in [-0.15, -0.1) is 0 Å². The zero-order chi connectivity index (χ0) is 21.2. The average molecular weight is 399 g/mol. The summed E-state index contributed by atoms with van der Waals surface area (Å²) >= 11 is 0. The Morgan fingerprint density at radius 2 is 1.72 bits per heavy atom. The van der Waals surface area contributed by atoms with Crippen molar-refractivity contribution in [3.63, 3.8) is 0 Å². The minimum Gasteiger partial charge on any atom is -0.497 e. The molecule has 0 bridgehead atoms. The molecule has 6 nitrogen and oxygen atoms in total. The average Bonchev–Trinajstić information content (AvgIpc) is 2.73. The minimum absolute atomic E-state index is 0.0166. The highest BCUT2D eigenvalue weighted by Gasteiger charge is 2.26. The van der Waals surface area contributed by atoms with E-state index in [9.17, 15) is 9.59 Å². The summed E-state index contributed by atoms with van der Waals surface area (Å²) in [6, 6.07) is 16.8. The van der Waals surface area contributed by atoms with E-state index >= 15 is 0 Å². The Hall–Kier alpha value is -2.86. The van der Waals surface area contributed by atoms with Crippen LogP contribution in [0.2, 0.25) is 0 Å². The second-order valence-corrected chi connectivity index (χ2v) is 7.28. The normalized spacial score (nSPS) is 13.8. The van der Waals surface area contributed by atoms with Crippen LogP contribution in [0.5, 0.6) is 5.75 Å². The number of nitrogens with one attached hydrogen (secondary N) is 3. The maximum absolute atomic E-state index is 12.8. The van der Waals surface area contributed by atoms with Gasteiger partial charge >= 0.3 is 0 Å². The summed E-state index contributed by atoms with van der Waals surface area (Å²) in [5, 5.41) is 6.00. The number of carbonyl (C=O) groups is 2. The molecule has 3 N–H and O–H groups in total. The topological polar surface area (TPSA) is 71.9 Å². The van der Waals surface area contributed by atoms with Crippen molar-refractivity contribution in [1.82, 2.24) is 5.32 Å². The van der Waals surface area contributed by atoms with Gasteiger partial charge in [0, 0.05) is 5.69 Å². The van der Waals surface area contributed by atoms with Crippen molar-refractivity contribution in [2.75, 3.05) is 26.0 Å². The van der Waals surface area contributed by atoms with Crippen LogP contribution in [0.25, 0.3) is 0 Å².